The molecule has 0 aromatic heterocycles. The maximum atomic E-state index is 6.05. The third-order valence-electron chi connectivity index (χ3n) is 2.41. The quantitative estimate of drug-likeness (QED) is 0.742. The van der Waals surface area contributed by atoms with Crippen LogP contribution in [0.25, 0.3) is 0 Å². The fourth-order valence-electron chi connectivity index (χ4n) is 1.52. The molecule has 0 fully saturated rings. The van der Waals surface area contributed by atoms with Gasteiger partial charge in [0.1, 0.15) is 5.75 Å². The molecule has 0 unspecified atom stereocenters. The van der Waals surface area contributed by atoms with E-state index < -0.39 is 0 Å². The van der Waals surface area contributed by atoms with Crippen molar-refractivity contribution in [1.29, 1.82) is 0 Å². The van der Waals surface area contributed by atoms with Gasteiger partial charge in [0.05, 0.1) is 12.3 Å². The Morgan fingerprint density at radius 1 is 1.11 bits per heavy atom. The Hall–Kier alpha value is -1.80. The first-order chi connectivity index (χ1) is 8.79. The van der Waals surface area contributed by atoms with Crippen molar-refractivity contribution in [2.75, 3.05) is 6.61 Å². The van der Waals surface area contributed by atoms with E-state index in [1.165, 1.54) is 0 Å². The first kappa shape index (κ1) is 12.7. The van der Waals surface area contributed by atoms with Crippen molar-refractivity contribution < 1.29 is 4.74 Å². The summed E-state index contributed by atoms with van der Waals surface area (Å²) < 4.78 is 5.37. The van der Waals surface area contributed by atoms with E-state index in [1.807, 2.05) is 55.5 Å². The maximum Gasteiger partial charge on any atom is 0.119 e. The van der Waals surface area contributed by atoms with Gasteiger partial charge in [-0.1, -0.05) is 29.8 Å². The van der Waals surface area contributed by atoms with Crippen LogP contribution < -0.4 is 4.74 Å². The van der Waals surface area contributed by atoms with E-state index in [2.05, 4.69) is 4.99 Å². The van der Waals surface area contributed by atoms with Gasteiger partial charge in [-0.25, -0.2) is 0 Å². The van der Waals surface area contributed by atoms with Crippen molar-refractivity contribution in [1.82, 2.24) is 0 Å². The first-order valence-electron chi connectivity index (χ1n) is 5.81. The summed E-state index contributed by atoms with van der Waals surface area (Å²) in [4.78, 5) is 4.37. The summed E-state index contributed by atoms with van der Waals surface area (Å²) in [5, 5.41) is 0.701. The first-order valence-corrected chi connectivity index (χ1v) is 6.19. The fourth-order valence-corrected chi connectivity index (χ4v) is 1.70. The van der Waals surface area contributed by atoms with E-state index in [1.54, 1.807) is 6.21 Å². The van der Waals surface area contributed by atoms with Crippen molar-refractivity contribution in [2.24, 2.45) is 4.99 Å². The van der Waals surface area contributed by atoms with Crippen molar-refractivity contribution >= 4 is 23.5 Å². The third-order valence-corrected chi connectivity index (χ3v) is 2.75. The Kier molecular flexibility index (Phi) is 4.37. The highest BCUT2D eigenvalue weighted by Crippen LogP contribution is 2.19. The fraction of sp³-hybridized carbons (Fsp3) is 0.133. The highest BCUT2D eigenvalue weighted by atomic mass is 35.5. The molecule has 0 heterocycles. The van der Waals surface area contributed by atoms with Crippen LogP contribution in [0.5, 0.6) is 5.75 Å². The average molecular weight is 260 g/mol. The lowest BCUT2D eigenvalue weighted by Gasteiger charge is -2.02. The molecule has 92 valence electrons. The molecule has 0 saturated carbocycles. The highest BCUT2D eigenvalue weighted by Gasteiger charge is 1.95. The number of ether oxygens (including phenoxy) is 1. The van der Waals surface area contributed by atoms with Gasteiger partial charge >= 0.3 is 0 Å². The maximum absolute atomic E-state index is 6.05. The second-order valence-electron chi connectivity index (χ2n) is 3.71. The average Bonchev–Trinajstić information content (AvgIpc) is 2.40. The molecule has 0 radical (unpaired) electrons. The Morgan fingerprint density at radius 3 is 2.50 bits per heavy atom. The summed E-state index contributed by atoms with van der Waals surface area (Å²) in [5.74, 6) is 0.856. The van der Waals surface area contributed by atoms with E-state index in [4.69, 9.17) is 16.3 Å². The number of aliphatic imine (C=N–C) groups is 1. The summed E-state index contributed by atoms with van der Waals surface area (Å²) >= 11 is 6.05. The standard InChI is InChI=1S/C15H14ClNO/c1-2-18-14-9-7-13(8-10-14)17-11-12-5-3-4-6-15(12)16/h3-11H,2H2,1H3. The van der Waals surface area contributed by atoms with E-state index in [-0.39, 0.29) is 0 Å². The van der Waals surface area contributed by atoms with Crippen LogP contribution in [0, 0.1) is 0 Å². The Labute approximate surface area is 112 Å². The van der Waals surface area contributed by atoms with Crippen LogP contribution in [0.15, 0.2) is 53.5 Å². The molecule has 2 rings (SSSR count). The molecule has 0 aliphatic rings. The zero-order chi connectivity index (χ0) is 12.8. The molecule has 0 aliphatic carbocycles. The molecule has 18 heavy (non-hydrogen) atoms. The molecule has 0 N–H and O–H groups in total. The van der Waals surface area contributed by atoms with Crippen molar-refractivity contribution in [3.63, 3.8) is 0 Å². The lowest BCUT2D eigenvalue weighted by Crippen LogP contribution is -1.89. The molecule has 2 aromatic rings. The number of hydrogen-bond donors (Lipinski definition) is 0. The predicted octanol–water partition coefficient (Wildman–Crippen LogP) is 4.49. The smallest absolute Gasteiger partial charge is 0.119 e. The number of rotatable bonds is 4. The molecular weight excluding hydrogens is 246 g/mol. The lowest BCUT2D eigenvalue weighted by atomic mass is 10.2. The summed E-state index contributed by atoms with van der Waals surface area (Å²) in [5.41, 5.74) is 1.78. The molecule has 0 saturated heterocycles. The second-order valence-corrected chi connectivity index (χ2v) is 4.11. The van der Waals surface area contributed by atoms with Crippen molar-refractivity contribution in [2.45, 2.75) is 6.92 Å². The molecular formula is C15H14ClNO. The van der Waals surface area contributed by atoms with Gasteiger partial charge < -0.3 is 4.74 Å². The molecule has 0 spiro atoms. The molecule has 2 aromatic carbocycles. The van der Waals surface area contributed by atoms with Gasteiger partial charge in [-0.3, -0.25) is 4.99 Å². The minimum Gasteiger partial charge on any atom is -0.494 e. The molecule has 2 nitrogen and oxygen atoms in total. The normalized spacial score (nSPS) is 10.8. The molecule has 3 heteroatoms. The monoisotopic (exact) mass is 259 g/mol. The molecule has 0 bridgehead atoms. The Balaban J connectivity index is 2.12. The lowest BCUT2D eigenvalue weighted by molar-refractivity contribution is 0.340. The van der Waals surface area contributed by atoms with E-state index in [0.29, 0.717) is 11.6 Å². The van der Waals surface area contributed by atoms with Crippen LogP contribution >= 0.6 is 11.6 Å². The Bertz CT molecular complexity index is 534. The number of nitrogens with zero attached hydrogens (tertiary/aromatic N) is 1. The van der Waals surface area contributed by atoms with Crippen molar-refractivity contribution in [3.8, 4) is 5.75 Å². The van der Waals surface area contributed by atoms with Gasteiger partial charge in [0.2, 0.25) is 0 Å². The predicted molar refractivity (Wildman–Crippen MR) is 76.3 cm³/mol. The number of benzene rings is 2. The SMILES string of the molecule is CCOc1ccc(N=Cc2ccccc2Cl)cc1. The minimum atomic E-state index is 0.669. The molecule has 0 aliphatic heterocycles. The van der Waals surface area contributed by atoms with Crippen LogP contribution in [-0.2, 0) is 0 Å². The van der Waals surface area contributed by atoms with Gasteiger partial charge in [0.15, 0.2) is 0 Å². The summed E-state index contributed by atoms with van der Waals surface area (Å²) in [6, 6.07) is 15.3. The van der Waals surface area contributed by atoms with Crippen LogP contribution in [0.4, 0.5) is 5.69 Å². The number of halogens is 1. The third kappa shape index (κ3) is 3.34. The summed E-state index contributed by atoms with van der Waals surface area (Å²) in [7, 11) is 0. The van der Waals surface area contributed by atoms with Gasteiger partial charge in [0, 0.05) is 16.8 Å². The summed E-state index contributed by atoms with van der Waals surface area (Å²) in [6.07, 6.45) is 1.76. The highest BCUT2D eigenvalue weighted by molar-refractivity contribution is 6.33. The van der Waals surface area contributed by atoms with Crippen LogP contribution in [-0.4, -0.2) is 12.8 Å². The van der Waals surface area contributed by atoms with E-state index in [9.17, 15) is 0 Å². The topological polar surface area (TPSA) is 21.6 Å². The zero-order valence-electron chi connectivity index (χ0n) is 10.1. The van der Waals surface area contributed by atoms with Gasteiger partial charge in [-0.15, -0.1) is 0 Å². The van der Waals surface area contributed by atoms with E-state index >= 15 is 0 Å². The zero-order valence-corrected chi connectivity index (χ0v) is 10.9. The minimum absolute atomic E-state index is 0.669. The van der Waals surface area contributed by atoms with Gasteiger partial charge in [-0.2, -0.15) is 0 Å². The van der Waals surface area contributed by atoms with Gasteiger partial charge in [-0.05, 0) is 37.3 Å². The number of hydrogen-bond acceptors (Lipinski definition) is 2. The van der Waals surface area contributed by atoms with Crippen LogP contribution in [0.1, 0.15) is 12.5 Å². The molecule has 0 amide bonds. The largest absolute Gasteiger partial charge is 0.494 e. The van der Waals surface area contributed by atoms with E-state index in [0.717, 1.165) is 17.0 Å². The van der Waals surface area contributed by atoms with Gasteiger partial charge in [0.25, 0.3) is 0 Å². The van der Waals surface area contributed by atoms with Crippen LogP contribution in [0.2, 0.25) is 5.02 Å². The molecule has 0 atom stereocenters. The Morgan fingerprint density at radius 2 is 1.83 bits per heavy atom. The summed E-state index contributed by atoms with van der Waals surface area (Å²) in [6.45, 7) is 2.63. The van der Waals surface area contributed by atoms with Crippen LogP contribution in [0.3, 0.4) is 0 Å². The second kappa shape index (κ2) is 6.22. The van der Waals surface area contributed by atoms with Crippen molar-refractivity contribution in [3.05, 3.63) is 59.1 Å².